The molecule has 1 unspecified atom stereocenters. The van der Waals surface area contributed by atoms with Gasteiger partial charge in [-0.25, -0.2) is 4.68 Å². The van der Waals surface area contributed by atoms with Crippen molar-refractivity contribution in [3.05, 3.63) is 48.5 Å². The number of carbonyl (C=O) groups excluding carboxylic acids is 1. The van der Waals surface area contributed by atoms with E-state index in [1.54, 1.807) is 4.68 Å². The van der Waals surface area contributed by atoms with Gasteiger partial charge in [-0.2, -0.15) is 0 Å². The Morgan fingerprint density at radius 3 is 2.92 bits per heavy atom. The zero-order chi connectivity index (χ0) is 16.5. The molecule has 1 aliphatic rings. The third-order valence-electron chi connectivity index (χ3n) is 4.25. The summed E-state index contributed by atoms with van der Waals surface area (Å²) in [7, 11) is 0. The van der Waals surface area contributed by atoms with Crippen LogP contribution in [0.3, 0.4) is 0 Å². The summed E-state index contributed by atoms with van der Waals surface area (Å²) in [4.78, 5) is 16.0. The number of anilines is 1. The van der Waals surface area contributed by atoms with Crippen LogP contribution in [0.25, 0.3) is 11.0 Å². The number of hydrogen-bond acceptors (Lipinski definition) is 4. The highest BCUT2D eigenvalue weighted by atomic mass is 32.2. The molecule has 0 saturated carbocycles. The molecule has 24 heavy (non-hydrogen) atoms. The van der Waals surface area contributed by atoms with Crippen LogP contribution in [-0.2, 0) is 11.3 Å². The monoisotopic (exact) mass is 338 g/mol. The number of nitrogens with zero attached hydrogens (tertiary/aromatic N) is 4. The van der Waals surface area contributed by atoms with Crippen molar-refractivity contribution in [3.8, 4) is 0 Å². The summed E-state index contributed by atoms with van der Waals surface area (Å²) in [5.41, 5.74) is 2.70. The molecule has 5 nitrogen and oxygen atoms in total. The Bertz CT molecular complexity index is 891. The van der Waals surface area contributed by atoms with Crippen LogP contribution in [0.4, 0.5) is 5.69 Å². The van der Waals surface area contributed by atoms with Crippen molar-refractivity contribution in [3.63, 3.8) is 0 Å². The fourth-order valence-corrected chi connectivity index (χ4v) is 4.11. The Labute approximate surface area is 144 Å². The molecule has 2 aromatic carbocycles. The lowest BCUT2D eigenvalue weighted by Crippen LogP contribution is -2.35. The second kappa shape index (κ2) is 6.28. The number of amides is 1. The Morgan fingerprint density at radius 2 is 2.00 bits per heavy atom. The molecule has 6 heteroatoms. The van der Waals surface area contributed by atoms with E-state index in [1.807, 2.05) is 59.1 Å². The maximum absolute atomic E-state index is 13.0. The number of thioether (sulfide) groups is 1. The third kappa shape index (κ3) is 2.78. The molecular weight excluding hydrogens is 320 g/mol. The Hall–Kier alpha value is -2.34. The molecule has 0 spiro atoms. The summed E-state index contributed by atoms with van der Waals surface area (Å²) in [6.45, 7) is 3.14. The van der Waals surface area contributed by atoms with E-state index in [-0.39, 0.29) is 12.5 Å². The average molecular weight is 338 g/mol. The van der Waals surface area contributed by atoms with Gasteiger partial charge in [0.05, 0.1) is 11.2 Å². The van der Waals surface area contributed by atoms with E-state index in [0.29, 0.717) is 5.25 Å². The Morgan fingerprint density at radius 1 is 1.21 bits per heavy atom. The quantitative estimate of drug-likeness (QED) is 0.719. The molecular formula is C18H18N4OS. The SMILES string of the molecule is CC1CCN(C(=O)Cn2nnc3ccccc32)c2ccccc2S1. The van der Waals surface area contributed by atoms with Crippen molar-refractivity contribution >= 4 is 34.4 Å². The first-order valence-electron chi connectivity index (χ1n) is 8.06. The minimum absolute atomic E-state index is 0.0489. The highest BCUT2D eigenvalue weighted by Crippen LogP contribution is 2.37. The van der Waals surface area contributed by atoms with E-state index in [4.69, 9.17) is 0 Å². The van der Waals surface area contributed by atoms with Crippen molar-refractivity contribution < 1.29 is 4.79 Å². The van der Waals surface area contributed by atoms with Gasteiger partial charge < -0.3 is 4.90 Å². The van der Waals surface area contributed by atoms with E-state index >= 15 is 0 Å². The molecule has 0 saturated heterocycles. The van der Waals surface area contributed by atoms with Gasteiger partial charge in [0.25, 0.3) is 0 Å². The molecule has 0 aliphatic carbocycles. The maximum atomic E-state index is 13.0. The summed E-state index contributed by atoms with van der Waals surface area (Å²) >= 11 is 1.84. The number of rotatable bonds is 2. The standard InChI is InChI=1S/C18H18N4OS/c1-13-10-11-21(16-8-4-5-9-17(16)24-13)18(23)12-22-15-7-3-2-6-14(15)19-20-22/h2-9,13H,10-12H2,1H3. The minimum Gasteiger partial charge on any atom is -0.310 e. The predicted molar refractivity (Wildman–Crippen MR) is 96.3 cm³/mol. The molecule has 0 radical (unpaired) electrons. The summed E-state index contributed by atoms with van der Waals surface area (Å²) in [6, 6.07) is 15.8. The molecule has 3 aromatic rings. The van der Waals surface area contributed by atoms with Gasteiger partial charge >= 0.3 is 0 Å². The van der Waals surface area contributed by atoms with Gasteiger partial charge in [0.1, 0.15) is 12.1 Å². The highest BCUT2D eigenvalue weighted by Gasteiger charge is 2.24. The zero-order valence-electron chi connectivity index (χ0n) is 13.4. The lowest BCUT2D eigenvalue weighted by atomic mass is 10.2. The van der Waals surface area contributed by atoms with E-state index < -0.39 is 0 Å². The van der Waals surface area contributed by atoms with Crippen molar-refractivity contribution in [2.75, 3.05) is 11.4 Å². The summed E-state index contributed by atoms with van der Waals surface area (Å²) < 4.78 is 1.68. The number of carbonyl (C=O) groups is 1. The predicted octanol–water partition coefficient (Wildman–Crippen LogP) is 3.35. The summed E-state index contributed by atoms with van der Waals surface area (Å²) in [6.07, 6.45) is 0.975. The van der Waals surface area contributed by atoms with Crippen LogP contribution >= 0.6 is 11.8 Å². The normalized spacial score (nSPS) is 17.5. The third-order valence-corrected chi connectivity index (χ3v) is 5.49. The summed E-state index contributed by atoms with van der Waals surface area (Å²) in [5, 5.41) is 8.76. The van der Waals surface area contributed by atoms with Crippen LogP contribution in [-0.4, -0.2) is 32.7 Å². The number of para-hydroxylation sites is 2. The van der Waals surface area contributed by atoms with E-state index in [1.165, 1.54) is 4.90 Å². The Kier molecular flexibility index (Phi) is 3.98. The van der Waals surface area contributed by atoms with Crippen LogP contribution < -0.4 is 4.90 Å². The first-order chi connectivity index (χ1) is 11.7. The van der Waals surface area contributed by atoms with Gasteiger partial charge in [-0.05, 0) is 30.7 Å². The highest BCUT2D eigenvalue weighted by molar-refractivity contribution is 8.00. The zero-order valence-corrected chi connectivity index (χ0v) is 14.2. The van der Waals surface area contributed by atoms with Crippen LogP contribution in [0, 0.1) is 0 Å². The van der Waals surface area contributed by atoms with Gasteiger partial charge in [-0.3, -0.25) is 4.79 Å². The van der Waals surface area contributed by atoms with Gasteiger partial charge in [0.15, 0.2) is 0 Å². The molecule has 122 valence electrons. The second-order valence-corrected chi connectivity index (χ2v) is 7.45. The molecule has 0 fully saturated rings. The molecule has 2 heterocycles. The van der Waals surface area contributed by atoms with Gasteiger partial charge in [0.2, 0.25) is 5.91 Å². The van der Waals surface area contributed by atoms with Gasteiger partial charge in [-0.15, -0.1) is 16.9 Å². The fraction of sp³-hybridized carbons (Fsp3) is 0.278. The van der Waals surface area contributed by atoms with Crippen molar-refractivity contribution in [2.24, 2.45) is 0 Å². The smallest absolute Gasteiger partial charge is 0.248 e. The van der Waals surface area contributed by atoms with Crippen LogP contribution in [0.1, 0.15) is 13.3 Å². The number of hydrogen-bond donors (Lipinski definition) is 0. The van der Waals surface area contributed by atoms with E-state index in [2.05, 4.69) is 23.3 Å². The molecule has 1 atom stereocenters. The van der Waals surface area contributed by atoms with E-state index in [9.17, 15) is 4.79 Å². The molecule has 1 aliphatic heterocycles. The average Bonchev–Trinajstić information content (AvgIpc) is 2.91. The first kappa shape index (κ1) is 15.2. The second-order valence-electron chi connectivity index (χ2n) is 5.97. The van der Waals surface area contributed by atoms with Crippen molar-refractivity contribution in [1.82, 2.24) is 15.0 Å². The number of benzene rings is 2. The van der Waals surface area contributed by atoms with Crippen LogP contribution in [0.15, 0.2) is 53.4 Å². The first-order valence-corrected chi connectivity index (χ1v) is 8.94. The number of fused-ring (bicyclic) bond motifs is 2. The van der Waals surface area contributed by atoms with Crippen LogP contribution in [0.5, 0.6) is 0 Å². The molecule has 4 rings (SSSR count). The summed E-state index contributed by atoms with van der Waals surface area (Å²) in [5.74, 6) is 0.0489. The molecule has 0 bridgehead atoms. The topological polar surface area (TPSA) is 51.0 Å². The van der Waals surface area contributed by atoms with Gasteiger partial charge in [0, 0.05) is 16.7 Å². The lowest BCUT2D eigenvalue weighted by Gasteiger charge is -2.22. The molecule has 0 N–H and O–H groups in total. The lowest BCUT2D eigenvalue weighted by molar-refractivity contribution is -0.119. The van der Waals surface area contributed by atoms with Crippen LogP contribution in [0.2, 0.25) is 0 Å². The molecule has 1 amide bonds. The van der Waals surface area contributed by atoms with Gasteiger partial charge in [-0.1, -0.05) is 36.4 Å². The fourth-order valence-electron chi connectivity index (χ4n) is 2.99. The Balaban J connectivity index is 1.64. The van der Waals surface area contributed by atoms with Crippen molar-refractivity contribution in [2.45, 2.75) is 30.0 Å². The number of aromatic nitrogens is 3. The van der Waals surface area contributed by atoms with E-state index in [0.717, 1.165) is 29.7 Å². The minimum atomic E-state index is 0.0489. The molecule has 1 aromatic heterocycles. The largest absolute Gasteiger partial charge is 0.310 e. The van der Waals surface area contributed by atoms with Crippen molar-refractivity contribution in [1.29, 1.82) is 0 Å². The maximum Gasteiger partial charge on any atom is 0.248 e.